The van der Waals surface area contributed by atoms with Crippen molar-refractivity contribution in [1.29, 1.82) is 0 Å². The molecule has 7 aromatic carbocycles. The highest BCUT2D eigenvalue weighted by Gasteiger charge is 2.21. The summed E-state index contributed by atoms with van der Waals surface area (Å²) < 4.78 is 6.65. The summed E-state index contributed by atoms with van der Waals surface area (Å²) >= 11 is 0. The minimum atomic E-state index is 0.856. The molecule has 0 N–H and O–H groups in total. The lowest BCUT2D eigenvalue weighted by Gasteiger charge is -2.13. The van der Waals surface area contributed by atoms with E-state index >= 15 is 0 Å². The van der Waals surface area contributed by atoms with Gasteiger partial charge in [-0.05, 0) is 40.6 Å². The van der Waals surface area contributed by atoms with Crippen LogP contribution in [0.25, 0.3) is 110 Å². The molecule has 0 amide bonds. The number of aromatic nitrogens is 3. The second kappa shape index (κ2) is 11.7. The van der Waals surface area contributed by atoms with Crippen molar-refractivity contribution < 1.29 is 4.42 Å². The van der Waals surface area contributed by atoms with Gasteiger partial charge in [0.2, 0.25) is 0 Å². The van der Waals surface area contributed by atoms with E-state index in [9.17, 15) is 0 Å². The third-order valence-electron chi connectivity index (χ3n) is 10.5. The van der Waals surface area contributed by atoms with E-state index in [-0.39, 0.29) is 0 Å². The lowest BCUT2D eigenvalue weighted by atomic mass is 9.95. The Balaban J connectivity index is 1.06. The van der Waals surface area contributed by atoms with Crippen molar-refractivity contribution >= 4 is 65.4 Å². The minimum Gasteiger partial charge on any atom is -0.455 e. The highest BCUT2D eigenvalue weighted by Crippen LogP contribution is 2.43. The van der Waals surface area contributed by atoms with Crippen LogP contribution in [0.2, 0.25) is 0 Å². The molecule has 4 nitrogen and oxygen atoms in total. The molecular formula is C49H29N3O. The molecule has 0 saturated heterocycles. The predicted molar refractivity (Wildman–Crippen MR) is 219 cm³/mol. The second-order valence-corrected chi connectivity index (χ2v) is 13.5. The van der Waals surface area contributed by atoms with Gasteiger partial charge in [0, 0.05) is 43.8 Å². The van der Waals surface area contributed by atoms with Crippen molar-refractivity contribution in [1.82, 2.24) is 15.0 Å². The number of benzene rings is 7. The van der Waals surface area contributed by atoms with Crippen LogP contribution in [0.4, 0.5) is 0 Å². The molecule has 246 valence electrons. The van der Waals surface area contributed by atoms with Crippen LogP contribution >= 0.6 is 0 Å². The van der Waals surface area contributed by atoms with Gasteiger partial charge < -0.3 is 4.42 Å². The average Bonchev–Trinajstić information content (AvgIpc) is 3.63. The lowest BCUT2D eigenvalue weighted by Crippen LogP contribution is -1.92. The van der Waals surface area contributed by atoms with Gasteiger partial charge in [-0.15, -0.1) is 0 Å². The molecule has 0 spiro atoms. The summed E-state index contributed by atoms with van der Waals surface area (Å²) in [5.74, 6) is 0. The molecule has 0 aliphatic rings. The molecule has 0 fully saturated rings. The fourth-order valence-corrected chi connectivity index (χ4v) is 7.86. The highest BCUT2D eigenvalue weighted by atomic mass is 16.3. The van der Waals surface area contributed by atoms with E-state index in [0.717, 1.165) is 105 Å². The Morgan fingerprint density at radius 3 is 1.68 bits per heavy atom. The van der Waals surface area contributed by atoms with Crippen molar-refractivity contribution in [2.24, 2.45) is 0 Å². The zero-order chi connectivity index (χ0) is 34.9. The fourth-order valence-electron chi connectivity index (χ4n) is 7.86. The largest absolute Gasteiger partial charge is 0.455 e. The Morgan fingerprint density at radius 2 is 0.906 bits per heavy atom. The third-order valence-corrected chi connectivity index (χ3v) is 10.5. The molecule has 11 rings (SSSR count). The van der Waals surface area contributed by atoms with E-state index in [0.29, 0.717) is 0 Å². The Kier molecular flexibility index (Phi) is 6.52. The van der Waals surface area contributed by atoms with Crippen LogP contribution in [0.15, 0.2) is 180 Å². The molecule has 0 aliphatic carbocycles. The second-order valence-electron chi connectivity index (χ2n) is 13.5. The predicted octanol–water partition coefficient (Wildman–Crippen LogP) is 13.1. The standard InChI is InChI=1S/C49H29N3O/c1-2-11-32(12-3-1)41-28-26-34-24-25-35-27-29-42(51-46(35)45(34)50-41)33-22-20-31(21-23-33)37-16-9-18-40-47(37)52-48(38-17-8-13-30-10-4-5-14-36(30)38)44-39-15-6-7-19-43(39)53-49(40)44/h1-29H. The van der Waals surface area contributed by atoms with Gasteiger partial charge in [0.25, 0.3) is 0 Å². The maximum absolute atomic E-state index is 6.65. The molecule has 4 heterocycles. The molecule has 0 saturated carbocycles. The van der Waals surface area contributed by atoms with Crippen LogP contribution in [0.3, 0.4) is 0 Å². The number of hydrogen-bond donors (Lipinski definition) is 0. The van der Waals surface area contributed by atoms with Crippen LogP contribution in [0, 0.1) is 0 Å². The molecular weight excluding hydrogens is 647 g/mol. The lowest BCUT2D eigenvalue weighted by molar-refractivity contribution is 0.672. The van der Waals surface area contributed by atoms with Gasteiger partial charge in [-0.1, -0.05) is 152 Å². The van der Waals surface area contributed by atoms with E-state index in [1.807, 2.05) is 30.3 Å². The smallest absolute Gasteiger partial charge is 0.147 e. The first-order chi connectivity index (χ1) is 26.3. The van der Waals surface area contributed by atoms with E-state index in [1.54, 1.807) is 0 Å². The van der Waals surface area contributed by atoms with E-state index in [4.69, 9.17) is 19.4 Å². The van der Waals surface area contributed by atoms with Crippen molar-refractivity contribution in [3.05, 3.63) is 176 Å². The zero-order valence-corrected chi connectivity index (χ0v) is 28.5. The van der Waals surface area contributed by atoms with Gasteiger partial charge >= 0.3 is 0 Å². The summed E-state index contributed by atoms with van der Waals surface area (Å²) in [6.07, 6.45) is 0. The Labute approximate surface area is 304 Å². The van der Waals surface area contributed by atoms with Gasteiger partial charge in [0.05, 0.1) is 39.0 Å². The maximum Gasteiger partial charge on any atom is 0.147 e. The summed E-state index contributed by atoms with van der Waals surface area (Å²) in [6, 6.07) is 61.3. The first-order valence-corrected chi connectivity index (χ1v) is 17.9. The number of fused-ring (bicyclic) bond motifs is 9. The Bertz CT molecular complexity index is 3210. The summed E-state index contributed by atoms with van der Waals surface area (Å²) in [4.78, 5) is 15.8. The van der Waals surface area contributed by atoms with Crippen molar-refractivity contribution in [3.8, 4) is 44.9 Å². The molecule has 0 aliphatic heterocycles. The van der Waals surface area contributed by atoms with Gasteiger partial charge in [-0.3, -0.25) is 0 Å². The molecule has 11 aromatic rings. The first-order valence-electron chi connectivity index (χ1n) is 17.9. The first kappa shape index (κ1) is 29.5. The average molecular weight is 676 g/mol. The Hall–Kier alpha value is -7.17. The number of rotatable bonds is 4. The minimum absolute atomic E-state index is 0.856. The summed E-state index contributed by atoms with van der Waals surface area (Å²) in [5.41, 5.74) is 12.5. The van der Waals surface area contributed by atoms with E-state index in [1.165, 1.54) is 5.39 Å². The molecule has 0 atom stereocenters. The van der Waals surface area contributed by atoms with E-state index < -0.39 is 0 Å². The summed E-state index contributed by atoms with van der Waals surface area (Å²) in [6.45, 7) is 0. The van der Waals surface area contributed by atoms with Crippen LogP contribution < -0.4 is 0 Å². The monoisotopic (exact) mass is 675 g/mol. The van der Waals surface area contributed by atoms with Crippen molar-refractivity contribution in [2.45, 2.75) is 0 Å². The van der Waals surface area contributed by atoms with E-state index in [2.05, 4.69) is 146 Å². The molecule has 0 unspecified atom stereocenters. The van der Waals surface area contributed by atoms with Crippen molar-refractivity contribution in [2.75, 3.05) is 0 Å². The number of hydrogen-bond acceptors (Lipinski definition) is 4. The van der Waals surface area contributed by atoms with Crippen LogP contribution in [0.1, 0.15) is 0 Å². The summed E-state index contributed by atoms with van der Waals surface area (Å²) in [5, 5.41) is 7.58. The molecule has 0 radical (unpaired) electrons. The van der Waals surface area contributed by atoms with Gasteiger partial charge in [0.15, 0.2) is 0 Å². The molecule has 53 heavy (non-hydrogen) atoms. The quantitative estimate of drug-likeness (QED) is 0.174. The van der Waals surface area contributed by atoms with Crippen LogP contribution in [-0.2, 0) is 0 Å². The fraction of sp³-hybridized carbons (Fsp3) is 0. The van der Waals surface area contributed by atoms with Crippen LogP contribution in [-0.4, -0.2) is 15.0 Å². The third kappa shape index (κ3) is 4.73. The molecule has 4 aromatic heterocycles. The van der Waals surface area contributed by atoms with Gasteiger partial charge in [-0.2, -0.15) is 0 Å². The van der Waals surface area contributed by atoms with Gasteiger partial charge in [-0.25, -0.2) is 15.0 Å². The molecule has 4 heteroatoms. The van der Waals surface area contributed by atoms with Gasteiger partial charge in [0.1, 0.15) is 11.2 Å². The maximum atomic E-state index is 6.65. The molecule has 0 bridgehead atoms. The van der Waals surface area contributed by atoms with Crippen molar-refractivity contribution in [3.63, 3.8) is 0 Å². The topological polar surface area (TPSA) is 51.8 Å². The number of para-hydroxylation sites is 2. The highest BCUT2D eigenvalue weighted by molar-refractivity contribution is 6.22. The number of nitrogens with zero attached hydrogens (tertiary/aromatic N) is 3. The summed E-state index contributed by atoms with van der Waals surface area (Å²) in [7, 11) is 0. The van der Waals surface area contributed by atoms with Crippen LogP contribution in [0.5, 0.6) is 0 Å². The zero-order valence-electron chi connectivity index (χ0n) is 28.5. The number of furan rings is 1. The Morgan fingerprint density at radius 1 is 0.340 bits per heavy atom. The normalized spacial score (nSPS) is 11.8. The SMILES string of the molecule is c1ccc(-c2ccc3ccc4ccc(-c5ccc(-c6cccc7c6nc(-c6cccc8ccccc68)c6c8ccccc8oc76)cc5)nc4c3n2)cc1. The number of pyridine rings is 3.